The Hall–Kier alpha value is -3.19. The summed E-state index contributed by atoms with van der Waals surface area (Å²) in [6.07, 6.45) is 0. The average molecular weight is 348 g/mol. The summed E-state index contributed by atoms with van der Waals surface area (Å²) in [5, 5.41) is 0. The maximum Gasteiger partial charge on any atom is 0.214 e. The first kappa shape index (κ1) is 16.0. The summed E-state index contributed by atoms with van der Waals surface area (Å²) in [5.41, 5.74) is 8.92. The van der Waals surface area contributed by atoms with Gasteiger partial charge in [0.15, 0.2) is 5.54 Å². The number of rotatable bonds is 2. The summed E-state index contributed by atoms with van der Waals surface area (Å²) < 4.78 is 2.50. The van der Waals surface area contributed by atoms with E-state index in [2.05, 4.69) is 115 Å². The Bertz CT molecular complexity index is 1130. The van der Waals surface area contributed by atoms with E-state index in [1.165, 1.54) is 39.2 Å². The number of fused-ring (bicyclic) bond motifs is 3. The zero-order chi connectivity index (χ0) is 18.4. The number of nitrogens with zero attached hydrogens (tertiary/aromatic N) is 1. The normalized spacial score (nSPS) is 13.9. The van der Waals surface area contributed by atoms with Gasteiger partial charge in [0.25, 0.3) is 0 Å². The molecule has 0 saturated heterocycles. The molecule has 130 valence electrons. The zero-order valence-corrected chi connectivity index (χ0v) is 15.7. The summed E-state index contributed by atoms with van der Waals surface area (Å²) in [4.78, 5) is 0. The van der Waals surface area contributed by atoms with Crippen LogP contribution in [-0.4, -0.2) is 0 Å². The van der Waals surface area contributed by atoms with E-state index in [0.717, 1.165) is 0 Å². The van der Waals surface area contributed by atoms with Gasteiger partial charge in [0.1, 0.15) is 0 Å². The van der Waals surface area contributed by atoms with Crippen molar-refractivity contribution in [3.05, 3.63) is 103 Å². The molecule has 0 spiro atoms. The minimum absolute atomic E-state index is 0.0910. The highest BCUT2D eigenvalue weighted by molar-refractivity contribution is 5.76. The lowest BCUT2D eigenvalue weighted by atomic mass is 9.93. The van der Waals surface area contributed by atoms with Gasteiger partial charge >= 0.3 is 0 Å². The van der Waals surface area contributed by atoms with Crippen LogP contribution in [0.25, 0.3) is 33.6 Å². The molecule has 27 heavy (non-hydrogen) atoms. The van der Waals surface area contributed by atoms with Crippen molar-refractivity contribution in [1.82, 2.24) is 0 Å². The second-order valence-electron chi connectivity index (χ2n) is 7.69. The zero-order valence-electron chi connectivity index (χ0n) is 15.7. The molecule has 0 bridgehead atoms. The van der Waals surface area contributed by atoms with Gasteiger partial charge in [-0.3, -0.25) is 0 Å². The lowest BCUT2D eigenvalue weighted by molar-refractivity contribution is -0.721. The molecule has 0 aliphatic carbocycles. The molecule has 2 heterocycles. The smallest absolute Gasteiger partial charge is 0.182 e. The van der Waals surface area contributed by atoms with E-state index in [1.807, 2.05) is 0 Å². The summed E-state index contributed by atoms with van der Waals surface area (Å²) >= 11 is 0. The van der Waals surface area contributed by atoms with Crippen molar-refractivity contribution < 1.29 is 4.57 Å². The Balaban J connectivity index is 1.87. The van der Waals surface area contributed by atoms with Crippen LogP contribution in [0.1, 0.15) is 19.4 Å². The van der Waals surface area contributed by atoms with Crippen LogP contribution in [0.5, 0.6) is 0 Å². The number of pyridine rings is 1. The highest BCUT2D eigenvalue weighted by atomic mass is 15.1. The molecule has 0 atom stereocenters. The maximum absolute atomic E-state index is 2.50. The van der Waals surface area contributed by atoms with E-state index in [-0.39, 0.29) is 5.54 Å². The molecule has 0 amide bonds. The van der Waals surface area contributed by atoms with Gasteiger partial charge in [0.05, 0.1) is 5.56 Å². The fourth-order valence-electron chi connectivity index (χ4n) is 4.37. The van der Waals surface area contributed by atoms with Gasteiger partial charge in [0, 0.05) is 37.1 Å². The molecular formula is C26H22N+. The Morgan fingerprint density at radius 2 is 1.11 bits per heavy atom. The van der Waals surface area contributed by atoms with E-state index in [9.17, 15) is 0 Å². The fraction of sp³-hybridized carbons (Fsp3) is 0.115. The molecule has 1 aromatic heterocycles. The second kappa shape index (κ2) is 5.92. The van der Waals surface area contributed by atoms with Crippen LogP contribution in [0, 0.1) is 0 Å². The summed E-state index contributed by atoms with van der Waals surface area (Å²) in [6, 6.07) is 34.9. The number of hydrogen-bond acceptors (Lipinski definition) is 0. The van der Waals surface area contributed by atoms with Gasteiger partial charge < -0.3 is 0 Å². The van der Waals surface area contributed by atoms with Gasteiger partial charge in [-0.15, -0.1) is 0 Å². The SMILES string of the molecule is CC1(C)c2ccccc2-c2cc(-c3ccccc3)cc(-c3ccccc3)[n+]21. The number of benzene rings is 3. The molecule has 0 saturated carbocycles. The molecule has 1 nitrogen and oxygen atoms in total. The Kier molecular flexibility index (Phi) is 3.51. The Labute approximate surface area is 160 Å². The number of aromatic nitrogens is 1. The standard InChI is InChI=1S/C26H22N/c1-26(2)23-16-10-9-15-22(23)25-18-21(19-11-5-3-6-12-19)17-24(27(25)26)20-13-7-4-8-14-20/h3-18H,1-2H3/q+1. The first-order valence-electron chi connectivity index (χ1n) is 9.47. The highest BCUT2D eigenvalue weighted by Gasteiger charge is 2.45. The molecule has 1 aliphatic heterocycles. The molecule has 1 heteroatoms. The molecule has 0 N–H and O–H groups in total. The third-order valence-electron chi connectivity index (χ3n) is 5.66. The second-order valence-corrected chi connectivity index (χ2v) is 7.69. The van der Waals surface area contributed by atoms with Crippen LogP contribution in [0.3, 0.4) is 0 Å². The molecule has 3 aromatic carbocycles. The summed E-state index contributed by atoms with van der Waals surface area (Å²) in [7, 11) is 0. The van der Waals surface area contributed by atoms with Crippen LogP contribution >= 0.6 is 0 Å². The van der Waals surface area contributed by atoms with Gasteiger partial charge in [0.2, 0.25) is 11.4 Å². The predicted octanol–water partition coefficient (Wildman–Crippen LogP) is 6.07. The average Bonchev–Trinajstić information content (AvgIpc) is 2.96. The van der Waals surface area contributed by atoms with E-state index in [1.54, 1.807) is 0 Å². The van der Waals surface area contributed by atoms with Crippen LogP contribution in [0.2, 0.25) is 0 Å². The topological polar surface area (TPSA) is 3.88 Å². The summed E-state index contributed by atoms with van der Waals surface area (Å²) in [6.45, 7) is 4.63. The van der Waals surface area contributed by atoms with Crippen molar-refractivity contribution >= 4 is 0 Å². The van der Waals surface area contributed by atoms with Crippen molar-refractivity contribution in [2.24, 2.45) is 0 Å². The number of hydrogen-bond donors (Lipinski definition) is 0. The minimum atomic E-state index is -0.0910. The third kappa shape index (κ3) is 2.43. The fourth-order valence-corrected chi connectivity index (χ4v) is 4.37. The van der Waals surface area contributed by atoms with Crippen molar-refractivity contribution in [3.8, 4) is 33.6 Å². The Morgan fingerprint density at radius 1 is 0.556 bits per heavy atom. The van der Waals surface area contributed by atoms with E-state index < -0.39 is 0 Å². The predicted molar refractivity (Wildman–Crippen MR) is 111 cm³/mol. The summed E-state index contributed by atoms with van der Waals surface area (Å²) in [5.74, 6) is 0. The van der Waals surface area contributed by atoms with Crippen LogP contribution < -0.4 is 4.57 Å². The molecule has 5 rings (SSSR count). The third-order valence-corrected chi connectivity index (χ3v) is 5.66. The minimum Gasteiger partial charge on any atom is -0.182 e. The van der Waals surface area contributed by atoms with Gasteiger partial charge in [-0.1, -0.05) is 66.7 Å². The van der Waals surface area contributed by atoms with Crippen LogP contribution in [0.15, 0.2) is 97.1 Å². The van der Waals surface area contributed by atoms with Crippen molar-refractivity contribution in [1.29, 1.82) is 0 Å². The molecule has 1 aliphatic rings. The molecular weight excluding hydrogens is 326 g/mol. The van der Waals surface area contributed by atoms with Crippen molar-refractivity contribution in [3.63, 3.8) is 0 Å². The highest BCUT2D eigenvalue weighted by Crippen LogP contribution is 2.41. The molecule has 4 aromatic rings. The quantitative estimate of drug-likeness (QED) is 0.387. The van der Waals surface area contributed by atoms with Crippen LogP contribution in [0.4, 0.5) is 0 Å². The monoisotopic (exact) mass is 348 g/mol. The van der Waals surface area contributed by atoms with E-state index in [0.29, 0.717) is 0 Å². The van der Waals surface area contributed by atoms with E-state index >= 15 is 0 Å². The molecule has 0 radical (unpaired) electrons. The van der Waals surface area contributed by atoms with Gasteiger partial charge in [-0.25, -0.2) is 0 Å². The first-order chi connectivity index (χ1) is 13.2. The van der Waals surface area contributed by atoms with Crippen LogP contribution in [-0.2, 0) is 5.54 Å². The maximum atomic E-state index is 2.50. The lowest BCUT2D eigenvalue weighted by Gasteiger charge is -2.18. The van der Waals surface area contributed by atoms with Gasteiger partial charge in [-0.05, 0) is 29.3 Å². The molecule has 0 unspecified atom stereocenters. The molecule has 0 fully saturated rings. The van der Waals surface area contributed by atoms with Crippen molar-refractivity contribution in [2.75, 3.05) is 0 Å². The van der Waals surface area contributed by atoms with Crippen molar-refractivity contribution in [2.45, 2.75) is 19.4 Å². The first-order valence-corrected chi connectivity index (χ1v) is 9.47. The largest absolute Gasteiger partial charge is 0.214 e. The van der Waals surface area contributed by atoms with Gasteiger partial charge in [-0.2, -0.15) is 4.57 Å². The lowest BCUT2D eigenvalue weighted by Crippen LogP contribution is -2.52. The van der Waals surface area contributed by atoms with E-state index in [4.69, 9.17) is 0 Å². The Morgan fingerprint density at radius 3 is 1.81 bits per heavy atom.